The molecule has 3 aliphatic rings. The van der Waals surface area contributed by atoms with Gasteiger partial charge < -0.3 is 38.8 Å². The quantitative estimate of drug-likeness (QED) is 0.139. The summed E-state index contributed by atoms with van der Waals surface area (Å²) in [6.45, 7) is 60.6. The minimum Gasteiger partial charge on any atom is -0.497 e. The highest BCUT2D eigenvalue weighted by Crippen LogP contribution is 2.62. The van der Waals surface area contributed by atoms with Gasteiger partial charge in [-0.2, -0.15) is 31.6 Å². The lowest BCUT2D eigenvalue weighted by Gasteiger charge is -2.44. The predicted octanol–water partition coefficient (Wildman–Crippen LogP) is 27.8. The second-order valence-corrected chi connectivity index (χ2v) is 30.0. The van der Waals surface area contributed by atoms with Gasteiger partial charge in [-0.15, -0.1) is 0 Å². The fourth-order valence-electron chi connectivity index (χ4n) is 15.2. The molecule has 0 radical (unpaired) electrons. The molecule has 119 heavy (non-hydrogen) atoms. The molecule has 12 aromatic carbocycles. The van der Waals surface area contributed by atoms with Crippen molar-refractivity contribution in [2.75, 3.05) is 50.7 Å². The summed E-state index contributed by atoms with van der Waals surface area (Å²) in [6.07, 6.45) is 0.828. The molecule has 582 valence electrons. The Hall–Kier alpha value is -14.4. The third-order valence-corrected chi connectivity index (χ3v) is 23.0. The summed E-state index contributed by atoms with van der Waals surface area (Å²) in [5.41, 5.74) is 15.2. The molecule has 0 saturated carbocycles. The van der Waals surface area contributed by atoms with Crippen LogP contribution in [0.1, 0.15) is 128 Å². The number of nitrogens with zero attached hydrogens (tertiary/aromatic N) is 14. The first-order valence-corrected chi connectivity index (χ1v) is 41.1. The summed E-state index contributed by atoms with van der Waals surface area (Å²) in [6, 6.07) is 61.7. The summed E-state index contributed by atoms with van der Waals surface area (Å²) in [4.78, 5) is 25.3. The van der Waals surface area contributed by atoms with E-state index >= 15 is 0 Å². The molecule has 0 saturated heterocycles. The average Bonchev–Trinajstić information content (AvgIpc) is 0.699. The van der Waals surface area contributed by atoms with Gasteiger partial charge in [-0.25, -0.2) is 24.2 Å². The summed E-state index contributed by atoms with van der Waals surface area (Å²) >= 11 is 12.1. The van der Waals surface area contributed by atoms with E-state index in [4.69, 9.17) is 84.2 Å². The molecule has 0 aliphatic carbocycles. The first kappa shape index (κ1) is 87.0. The molecule has 1 N–H and O–H groups in total. The van der Waals surface area contributed by atoms with Crippen molar-refractivity contribution in [3.63, 3.8) is 0 Å². The highest BCUT2D eigenvalue weighted by molar-refractivity contribution is 9.93. The summed E-state index contributed by atoms with van der Waals surface area (Å²) < 4.78 is 28.8. The van der Waals surface area contributed by atoms with Crippen LogP contribution >= 0.6 is 60.1 Å². The molecule has 15 rings (SSSR count). The molecule has 0 fully saturated rings. The zero-order valence-corrected chi connectivity index (χ0v) is 71.9. The van der Waals surface area contributed by atoms with E-state index < -0.39 is 10.8 Å². The fraction of sp³-hybridized carbons (Fsp3) is 0.179. The second-order valence-electron chi connectivity index (χ2n) is 28.4. The van der Waals surface area contributed by atoms with Gasteiger partial charge in [0.2, 0.25) is 22.7 Å². The van der Waals surface area contributed by atoms with Gasteiger partial charge in [-0.1, -0.05) is 96.1 Å². The van der Waals surface area contributed by atoms with Crippen LogP contribution in [0.4, 0.5) is 79.6 Å². The number of nitriles is 6. The molecular weight excluding hydrogens is 1750 g/mol. The first-order chi connectivity index (χ1) is 56.8. The van der Waals surface area contributed by atoms with Crippen LogP contribution in [0.5, 0.6) is 28.7 Å². The Morgan fingerprint density at radius 3 is 1.09 bits per heavy atom. The zero-order valence-electron chi connectivity index (χ0n) is 65.5. The lowest BCUT2D eigenvalue weighted by Crippen LogP contribution is -2.31. The lowest BCUT2D eigenvalue weighted by molar-refractivity contribution is 0.411. The van der Waals surface area contributed by atoms with Crippen LogP contribution in [-0.2, 0) is 22.7 Å². The molecular formula is C95H69Br4N15O5. The molecule has 0 amide bonds. The van der Waals surface area contributed by atoms with E-state index in [0.29, 0.717) is 69.9 Å². The largest absolute Gasteiger partial charge is 0.497 e. The van der Waals surface area contributed by atoms with Crippen molar-refractivity contribution >= 4 is 172 Å². The van der Waals surface area contributed by atoms with Crippen LogP contribution in [0.15, 0.2) is 167 Å². The van der Waals surface area contributed by atoms with Crippen LogP contribution in [-0.4, -0.2) is 35.5 Å². The fourth-order valence-corrected chi connectivity index (χ4v) is 16.5. The van der Waals surface area contributed by atoms with E-state index in [1.165, 1.54) is 11.1 Å². The van der Waals surface area contributed by atoms with Gasteiger partial charge in [0.05, 0.1) is 138 Å². The van der Waals surface area contributed by atoms with Gasteiger partial charge in [0, 0.05) is 81.9 Å². The number of hydrogen-bond donors (Lipinski definition) is 1. The number of benzene rings is 12. The van der Waals surface area contributed by atoms with Crippen LogP contribution in [0.25, 0.3) is 61.4 Å². The number of halogens is 4. The highest BCUT2D eigenvalue weighted by Gasteiger charge is 2.43. The van der Waals surface area contributed by atoms with Gasteiger partial charge in [-0.3, -0.25) is 4.85 Å². The number of fused-ring (bicyclic) bond motifs is 9. The Labute approximate surface area is 723 Å². The van der Waals surface area contributed by atoms with E-state index in [9.17, 15) is 10.5 Å². The molecule has 3 aliphatic heterocycles. The van der Waals surface area contributed by atoms with Crippen molar-refractivity contribution in [1.29, 1.82) is 31.6 Å². The maximum atomic E-state index is 11.1. The van der Waals surface area contributed by atoms with Gasteiger partial charge >= 0.3 is 0 Å². The number of hydrogen-bond acceptors (Lipinski definition) is 14. The van der Waals surface area contributed by atoms with E-state index in [-0.39, 0.29) is 80.3 Å². The SMILES string of the molecule is BrBr.C.COc1ccc2c(c1)C(C)(C)c1cc(OC)ccc1N2.[C-]#[N+]c1cc2c(Br)c(C#N)c(C#N)cc2c(Br)c1[N+]#[C-].[C-]#[N+]c1cc2c(N3c4ccc(CC)cc4C(C)(C)c4cc(OC)ccc43)c(C#N)c(C#N)cc2c(N2c3ccc(OC)cc3C(C)(C)c3cc(OC)ccc32)c1[N+]#[C-].[C-]#[N+]c1cc2cc([N+]#[C-])c(C#N)cc2cc1C#N. The van der Waals surface area contributed by atoms with Crippen LogP contribution in [0.3, 0.4) is 0 Å². The third-order valence-electron chi connectivity index (χ3n) is 21.3. The molecule has 24 heteroatoms. The Morgan fingerprint density at radius 2 is 0.697 bits per heavy atom. The van der Waals surface area contributed by atoms with Gasteiger partial charge in [-0.05, 0) is 227 Å². The average molecular weight is 1820 g/mol. The number of ether oxygens (including phenoxy) is 5. The van der Waals surface area contributed by atoms with Crippen molar-refractivity contribution < 1.29 is 23.7 Å². The monoisotopic (exact) mass is 1820 g/mol. The molecule has 20 nitrogen and oxygen atoms in total. The summed E-state index contributed by atoms with van der Waals surface area (Å²) in [7, 11) is 8.29. The standard InChI is InChI=1S/C49H40N6O3.C17H19NO2.C14H2Br2N4.C14H4N4.CH4.Br2/c1-11-28-12-16-41-36(20-28)48(2,3)37-22-30(56-8)13-17-42(37)54(41)46-34-25-40(52-6)45(53-7)47(33(34)21-29(26-50)35(46)27-51)55-43-18-14-31(57-9)23-38(43)49(4,5)39-24-32(58-10)15-19-44(39)55;1-17(2)13-9-11(19-3)5-7-15(13)18-16-8-6-12(20-4)10-14(16)17;1-19-11-4-9-8(13(16)14(11)20-2)3-7(5-17)10(6-18)12(9)15;1-17-13-5-10-6-14(18-2)12(8-16)4-9(10)3-11(13)7-15;;1-2/h12-25H,11H2,1-5,8-10H3;5-10,18H,1-4H3;3-4H;3-6H;1H4;. The Morgan fingerprint density at radius 1 is 0.361 bits per heavy atom. The van der Waals surface area contributed by atoms with Crippen molar-refractivity contribution in [1.82, 2.24) is 0 Å². The lowest BCUT2D eigenvalue weighted by atomic mass is 9.72. The Bertz CT molecular complexity index is 6220. The predicted molar refractivity (Wildman–Crippen MR) is 482 cm³/mol. The zero-order chi connectivity index (χ0) is 85.6. The molecule has 0 spiro atoms. The number of methoxy groups -OCH3 is 5. The van der Waals surface area contributed by atoms with Crippen molar-refractivity contribution in [3.8, 4) is 65.2 Å². The highest BCUT2D eigenvalue weighted by atomic mass is 80.9. The van der Waals surface area contributed by atoms with E-state index in [1.807, 2.05) is 95.9 Å². The molecule has 0 unspecified atom stereocenters. The van der Waals surface area contributed by atoms with E-state index in [2.05, 4.69) is 202 Å². The van der Waals surface area contributed by atoms with Gasteiger partial charge in [0.1, 0.15) is 53.0 Å². The normalized spacial score (nSPS) is 12.3. The smallest absolute Gasteiger partial charge is 0.218 e. The summed E-state index contributed by atoms with van der Waals surface area (Å²) in [5.74, 6) is 3.79. The molecule has 0 aromatic heterocycles. The van der Waals surface area contributed by atoms with Crippen LogP contribution in [0, 0.1) is 107 Å². The maximum Gasteiger partial charge on any atom is 0.218 e. The topological polar surface area (TPSA) is 234 Å². The Balaban J connectivity index is 0.000000197. The van der Waals surface area contributed by atoms with Crippen molar-refractivity contribution in [3.05, 3.63) is 307 Å². The van der Waals surface area contributed by atoms with Crippen LogP contribution < -0.4 is 38.8 Å². The third kappa shape index (κ3) is 15.4. The van der Waals surface area contributed by atoms with Gasteiger partial charge in [0.25, 0.3) is 0 Å². The number of rotatable bonds is 8. The first-order valence-electron chi connectivity index (χ1n) is 35.8. The van der Waals surface area contributed by atoms with Crippen molar-refractivity contribution in [2.24, 2.45) is 0 Å². The minimum atomic E-state index is -0.543. The second kappa shape index (κ2) is 35.8. The van der Waals surface area contributed by atoms with Crippen LogP contribution in [0.2, 0.25) is 0 Å². The molecule has 3 heterocycles. The van der Waals surface area contributed by atoms with Gasteiger partial charge in [0.15, 0.2) is 11.4 Å². The number of aryl methyl sites for hydroxylation is 1. The minimum absolute atomic E-state index is 0. The number of nitrogens with one attached hydrogen (secondary N) is 1. The maximum absolute atomic E-state index is 11.1. The van der Waals surface area contributed by atoms with E-state index in [0.717, 1.165) is 79.9 Å². The Kier molecular flexibility index (Phi) is 26.2. The van der Waals surface area contributed by atoms with E-state index in [1.54, 1.807) is 84.1 Å². The molecule has 0 bridgehead atoms. The summed E-state index contributed by atoms with van der Waals surface area (Å²) in [5, 5.41) is 65.2. The van der Waals surface area contributed by atoms with Crippen molar-refractivity contribution in [2.45, 2.75) is 78.6 Å². The molecule has 12 aromatic rings. The number of anilines is 8. The molecule has 0 atom stereocenters.